The molecule has 2 rings (SSSR count). The largest absolute Gasteiger partial charge is 0.311 e. The molecule has 0 spiro atoms. The lowest BCUT2D eigenvalue weighted by Crippen LogP contribution is -2.62. The van der Waals surface area contributed by atoms with Gasteiger partial charge in [0.25, 0.3) is 0 Å². The number of piperidine rings is 1. The summed E-state index contributed by atoms with van der Waals surface area (Å²) in [5.74, 6) is 1.64. The maximum atomic E-state index is 3.81. The molecule has 124 valence electrons. The van der Waals surface area contributed by atoms with Gasteiger partial charge in [0, 0.05) is 31.7 Å². The number of piperazine rings is 1. The first-order chi connectivity index (χ1) is 9.77. The molecule has 2 unspecified atom stereocenters. The highest BCUT2D eigenvalue weighted by Crippen LogP contribution is 2.27. The van der Waals surface area contributed by atoms with Crippen molar-refractivity contribution in [1.82, 2.24) is 15.1 Å². The molecule has 2 fully saturated rings. The van der Waals surface area contributed by atoms with E-state index in [9.17, 15) is 0 Å². The van der Waals surface area contributed by atoms with Crippen molar-refractivity contribution in [1.29, 1.82) is 0 Å². The highest BCUT2D eigenvalue weighted by Gasteiger charge is 2.36. The van der Waals surface area contributed by atoms with Crippen LogP contribution in [0.15, 0.2) is 0 Å². The maximum Gasteiger partial charge on any atom is 0.0244 e. The highest BCUT2D eigenvalue weighted by atomic mass is 15.2. The minimum Gasteiger partial charge on any atom is -0.311 e. The Labute approximate surface area is 132 Å². The molecule has 3 heteroatoms. The third kappa shape index (κ3) is 4.67. The molecule has 0 bridgehead atoms. The Morgan fingerprint density at radius 1 is 1.14 bits per heavy atom. The molecule has 0 amide bonds. The van der Waals surface area contributed by atoms with Gasteiger partial charge in [-0.25, -0.2) is 0 Å². The molecule has 3 nitrogen and oxygen atoms in total. The fourth-order valence-corrected chi connectivity index (χ4v) is 3.85. The Hall–Kier alpha value is -0.120. The van der Waals surface area contributed by atoms with Gasteiger partial charge in [-0.3, -0.25) is 4.90 Å². The average Bonchev–Trinajstić information content (AvgIpc) is 2.40. The molecule has 2 heterocycles. The van der Waals surface area contributed by atoms with Gasteiger partial charge in [0.05, 0.1) is 0 Å². The summed E-state index contributed by atoms with van der Waals surface area (Å²) >= 11 is 0. The van der Waals surface area contributed by atoms with Crippen LogP contribution in [0.25, 0.3) is 0 Å². The Morgan fingerprint density at radius 2 is 1.76 bits per heavy atom. The number of rotatable bonds is 3. The minimum atomic E-state index is 0.354. The van der Waals surface area contributed by atoms with Crippen LogP contribution in [0.3, 0.4) is 0 Å². The number of hydrogen-bond acceptors (Lipinski definition) is 3. The molecule has 0 saturated carbocycles. The van der Waals surface area contributed by atoms with E-state index >= 15 is 0 Å². The predicted octanol–water partition coefficient (Wildman–Crippen LogP) is 2.67. The van der Waals surface area contributed by atoms with Gasteiger partial charge in [-0.1, -0.05) is 34.6 Å². The molecule has 21 heavy (non-hydrogen) atoms. The van der Waals surface area contributed by atoms with Gasteiger partial charge >= 0.3 is 0 Å². The van der Waals surface area contributed by atoms with Crippen LogP contribution in [-0.2, 0) is 0 Å². The minimum absolute atomic E-state index is 0.354. The summed E-state index contributed by atoms with van der Waals surface area (Å²) in [4.78, 5) is 5.29. The van der Waals surface area contributed by atoms with Crippen LogP contribution in [0.1, 0.15) is 47.5 Å². The van der Waals surface area contributed by atoms with Crippen molar-refractivity contribution in [3.05, 3.63) is 0 Å². The summed E-state index contributed by atoms with van der Waals surface area (Å²) in [6, 6.07) is 1.34. The lowest BCUT2D eigenvalue weighted by atomic mass is 9.83. The van der Waals surface area contributed by atoms with Crippen molar-refractivity contribution < 1.29 is 0 Å². The normalized spacial score (nSPS) is 31.0. The molecule has 0 aliphatic carbocycles. The van der Waals surface area contributed by atoms with E-state index in [4.69, 9.17) is 0 Å². The maximum absolute atomic E-state index is 3.81. The van der Waals surface area contributed by atoms with Crippen LogP contribution in [0.2, 0.25) is 0 Å². The van der Waals surface area contributed by atoms with Gasteiger partial charge < -0.3 is 10.2 Å². The molecule has 0 aromatic carbocycles. The van der Waals surface area contributed by atoms with E-state index in [2.05, 4.69) is 56.8 Å². The second kappa shape index (κ2) is 6.97. The van der Waals surface area contributed by atoms with Crippen LogP contribution < -0.4 is 5.32 Å². The van der Waals surface area contributed by atoms with Gasteiger partial charge in [0.15, 0.2) is 0 Å². The van der Waals surface area contributed by atoms with Crippen molar-refractivity contribution in [2.75, 3.05) is 39.8 Å². The summed E-state index contributed by atoms with van der Waals surface area (Å²) in [6.45, 7) is 18.1. The number of nitrogens with zero attached hydrogens (tertiary/aromatic N) is 2. The molecule has 2 aliphatic rings. The number of nitrogens with one attached hydrogen (secondary N) is 1. The van der Waals surface area contributed by atoms with E-state index in [1.807, 2.05) is 0 Å². The second-order valence-electron chi connectivity index (χ2n) is 8.84. The lowest BCUT2D eigenvalue weighted by molar-refractivity contribution is 0.0411. The third-order valence-electron chi connectivity index (χ3n) is 5.61. The summed E-state index contributed by atoms with van der Waals surface area (Å²) in [5, 5.41) is 3.81. The van der Waals surface area contributed by atoms with Crippen molar-refractivity contribution >= 4 is 0 Å². The first kappa shape index (κ1) is 17.2. The molecule has 2 saturated heterocycles. The first-order valence-electron chi connectivity index (χ1n) is 8.93. The van der Waals surface area contributed by atoms with E-state index in [0.717, 1.165) is 18.4 Å². The highest BCUT2D eigenvalue weighted by molar-refractivity contribution is 4.93. The zero-order valence-electron chi connectivity index (χ0n) is 15.2. The van der Waals surface area contributed by atoms with Crippen molar-refractivity contribution in [3.8, 4) is 0 Å². The zero-order valence-corrected chi connectivity index (χ0v) is 15.2. The van der Waals surface area contributed by atoms with Gasteiger partial charge in [-0.2, -0.15) is 0 Å². The molecular weight excluding hydrogens is 258 g/mol. The quantitative estimate of drug-likeness (QED) is 0.863. The predicted molar refractivity (Wildman–Crippen MR) is 91.7 cm³/mol. The van der Waals surface area contributed by atoms with Gasteiger partial charge in [-0.05, 0) is 50.2 Å². The van der Waals surface area contributed by atoms with E-state index in [0.29, 0.717) is 17.5 Å². The topological polar surface area (TPSA) is 18.5 Å². The van der Waals surface area contributed by atoms with Crippen LogP contribution in [0.5, 0.6) is 0 Å². The molecule has 0 aromatic rings. The Balaban J connectivity index is 1.97. The molecule has 2 atom stereocenters. The fourth-order valence-electron chi connectivity index (χ4n) is 3.85. The molecule has 1 N–H and O–H groups in total. The Bertz CT molecular complexity index is 313. The van der Waals surface area contributed by atoms with E-state index < -0.39 is 0 Å². The van der Waals surface area contributed by atoms with Crippen LogP contribution in [0.4, 0.5) is 0 Å². The summed E-state index contributed by atoms with van der Waals surface area (Å²) in [7, 11) is 2.26. The van der Waals surface area contributed by atoms with Crippen LogP contribution in [-0.4, -0.2) is 61.7 Å². The third-order valence-corrected chi connectivity index (χ3v) is 5.61. The Morgan fingerprint density at radius 3 is 2.29 bits per heavy atom. The Kier molecular flexibility index (Phi) is 5.72. The van der Waals surface area contributed by atoms with E-state index in [-0.39, 0.29) is 0 Å². The standard InChI is InChI=1S/C18H37N3/c1-14(2)16-11-19-17(18(3,4)5)13-21(16)12-15-7-9-20(6)10-8-15/h14-17,19H,7-13H2,1-6H3. The summed E-state index contributed by atoms with van der Waals surface area (Å²) in [6.07, 6.45) is 2.76. The van der Waals surface area contributed by atoms with Crippen molar-refractivity contribution in [3.63, 3.8) is 0 Å². The van der Waals surface area contributed by atoms with Crippen molar-refractivity contribution in [2.45, 2.75) is 59.5 Å². The monoisotopic (exact) mass is 295 g/mol. The summed E-state index contributed by atoms with van der Waals surface area (Å²) < 4.78 is 0. The SMILES string of the molecule is CC(C)C1CNC(C(C)(C)C)CN1CC1CCN(C)CC1. The molecular formula is C18H37N3. The number of hydrogen-bond donors (Lipinski definition) is 1. The van der Waals surface area contributed by atoms with Gasteiger partial charge in [-0.15, -0.1) is 0 Å². The van der Waals surface area contributed by atoms with Crippen LogP contribution in [0, 0.1) is 17.3 Å². The van der Waals surface area contributed by atoms with E-state index in [1.54, 1.807) is 0 Å². The van der Waals surface area contributed by atoms with Crippen LogP contribution >= 0.6 is 0 Å². The van der Waals surface area contributed by atoms with Gasteiger partial charge in [0.2, 0.25) is 0 Å². The molecule has 0 radical (unpaired) electrons. The lowest BCUT2D eigenvalue weighted by Gasteiger charge is -2.48. The summed E-state index contributed by atoms with van der Waals surface area (Å²) in [5.41, 5.74) is 0.354. The first-order valence-corrected chi connectivity index (χ1v) is 8.93. The number of likely N-dealkylation sites (tertiary alicyclic amines) is 1. The zero-order chi connectivity index (χ0) is 15.6. The smallest absolute Gasteiger partial charge is 0.0244 e. The van der Waals surface area contributed by atoms with Crippen molar-refractivity contribution in [2.24, 2.45) is 17.3 Å². The average molecular weight is 296 g/mol. The molecule has 0 aromatic heterocycles. The van der Waals surface area contributed by atoms with Gasteiger partial charge in [0.1, 0.15) is 0 Å². The van der Waals surface area contributed by atoms with E-state index in [1.165, 1.54) is 39.0 Å². The molecule has 2 aliphatic heterocycles. The second-order valence-corrected chi connectivity index (χ2v) is 8.84. The fraction of sp³-hybridized carbons (Fsp3) is 1.00.